The third-order valence-electron chi connectivity index (χ3n) is 2.74. The molecule has 2 aromatic rings. The van der Waals surface area contributed by atoms with E-state index in [0.717, 1.165) is 6.26 Å². The summed E-state index contributed by atoms with van der Waals surface area (Å²) in [6, 6.07) is 11.6. The van der Waals surface area contributed by atoms with Gasteiger partial charge in [-0.25, -0.2) is 13.1 Å². The van der Waals surface area contributed by atoms with E-state index in [-0.39, 0.29) is 5.56 Å². The fraction of sp³-hybridized carbons (Fsp3) is 0.133. The number of hydrogen-bond donors (Lipinski definition) is 1. The molecule has 7 heteroatoms. The highest BCUT2D eigenvalue weighted by Crippen LogP contribution is 2.27. The smallest absolute Gasteiger partial charge is 0.264 e. The van der Waals surface area contributed by atoms with Crippen LogP contribution in [0.4, 0.5) is 0 Å². The maximum absolute atomic E-state index is 11.8. The van der Waals surface area contributed by atoms with Crippen LogP contribution in [0.2, 0.25) is 5.02 Å². The fourth-order valence-corrected chi connectivity index (χ4v) is 2.42. The average molecular weight is 340 g/mol. The van der Waals surface area contributed by atoms with E-state index in [1.165, 1.54) is 6.07 Å². The Morgan fingerprint density at radius 3 is 2.50 bits per heavy atom. The summed E-state index contributed by atoms with van der Waals surface area (Å²) < 4.78 is 29.7. The Balaban J connectivity index is 2.21. The lowest BCUT2D eigenvalue weighted by atomic mass is 10.1. The van der Waals surface area contributed by atoms with E-state index < -0.39 is 15.9 Å². The summed E-state index contributed by atoms with van der Waals surface area (Å²) in [7, 11) is -3.59. The lowest BCUT2D eigenvalue weighted by Gasteiger charge is -2.10. The van der Waals surface area contributed by atoms with Crippen LogP contribution in [0.1, 0.15) is 15.9 Å². The number of halogens is 1. The molecule has 0 aliphatic rings. The number of carbonyl (C=O) groups excluding carboxylic acids is 1. The molecule has 0 saturated heterocycles. The van der Waals surface area contributed by atoms with Gasteiger partial charge in [0, 0.05) is 10.6 Å². The summed E-state index contributed by atoms with van der Waals surface area (Å²) in [6.07, 6.45) is 0.925. The number of aryl methyl sites for hydroxylation is 1. The summed E-state index contributed by atoms with van der Waals surface area (Å²) in [5, 5.41) is 0.555. The molecule has 0 atom stereocenters. The molecule has 0 aliphatic heterocycles. The number of benzene rings is 2. The summed E-state index contributed by atoms with van der Waals surface area (Å²) in [5.74, 6) is 0.446. The van der Waals surface area contributed by atoms with Crippen LogP contribution < -0.4 is 9.46 Å². The molecule has 0 saturated carbocycles. The Bertz CT molecular complexity index is 818. The number of ether oxygens (including phenoxy) is 1. The molecular weight excluding hydrogens is 326 g/mol. The summed E-state index contributed by atoms with van der Waals surface area (Å²) in [5.41, 5.74) is 0.933. The predicted molar refractivity (Wildman–Crippen MR) is 85.0 cm³/mol. The molecule has 0 bridgehead atoms. The Kier molecular flexibility index (Phi) is 4.73. The third kappa shape index (κ3) is 4.47. The van der Waals surface area contributed by atoms with Crippen molar-refractivity contribution < 1.29 is 17.9 Å². The Labute approximate surface area is 133 Å². The van der Waals surface area contributed by atoms with Crippen molar-refractivity contribution in [2.45, 2.75) is 6.92 Å². The predicted octanol–water partition coefficient (Wildman–Crippen LogP) is 3.13. The van der Waals surface area contributed by atoms with Crippen LogP contribution in [0, 0.1) is 6.92 Å². The minimum atomic E-state index is -3.59. The van der Waals surface area contributed by atoms with Gasteiger partial charge in [0.15, 0.2) is 0 Å². The first-order valence-corrected chi connectivity index (χ1v) is 8.58. The number of carbonyl (C=O) groups is 1. The number of rotatable bonds is 4. The molecule has 1 amide bonds. The molecule has 0 aromatic heterocycles. The van der Waals surface area contributed by atoms with Gasteiger partial charge in [-0.05, 0) is 48.9 Å². The zero-order valence-electron chi connectivity index (χ0n) is 12.0. The number of amides is 1. The first kappa shape index (κ1) is 16.3. The second-order valence-corrected chi connectivity index (χ2v) is 6.93. The standard InChI is InChI=1S/C15H14ClNO4S/c1-10-8-11(15(18)17-22(2,19)20)6-7-14(10)21-13-5-3-4-12(16)9-13/h3-9H,1-2H3,(H,17,18). The van der Waals surface area contributed by atoms with E-state index in [0.29, 0.717) is 22.1 Å². The van der Waals surface area contributed by atoms with Crippen molar-refractivity contribution in [1.82, 2.24) is 4.72 Å². The number of sulfonamides is 1. The minimum absolute atomic E-state index is 0.237. The van der Waals surface area contributed by atoms with Crippen LogP contribution in [0.15, 0.2) is 42.5 Å². The van der Waals surface area contributed by atoms with Gasteiger partial charge in [-0.15, -0.1) is 0 Å². The Morgan fingerprint density at radius 2 is 1.91 bits per heavy atom. The van der Waals surface area contributed by atoms with Gasteiger partial charge in [0.25, 0.3) is 5.91 Å². The van der Waals surface area contributed by atoms with Crippen molar-refractivity contribution >= 4 is 27.5 Å². The normalized spacial score (nSPS) is 11.0. The first-order chi connectivity index (χ1) is 10.2. The van der Waals surface area contributed by atoms with E-state index >= 15 is 0 Å². The van der Waals surface area contributed by atoms with Gasteiger partial charge in [-0.3, -0.25) is 4.79 Å². The largest absolute Gasteiger partial charge is 0.457 e. The van der Waals surface area contributed by atoms with Crippen molar-refractivity contribution in [2.75, 3.05) is 6.26 Å². The average Bonchev–Trinajstić information content (AvgIpc) is 2.39. The number of nitrogens with one attached hydrogen (secondary N) is 1. The van der Waals surface area contributed by atoms with Crippen LogP contribution in [0.5, 0.6) is 11.5 Å². The van der Waals surface area contributed by atoms with Gasteiger partial charge in [0.1, 0.15) is 11.5 Å². The van der Waals surface area contributed by atoms with Gasteiger partial charge in [0.05, 0.1) is 6.26 Å². The molecule has 0 unspecified atom stereocenters. The Hall–Kier alpha value is -2.05. The Morgan fingerprint density at radius 1 is 1.18 bits per heavy atom. The van der Waals surface area contributed by atoms with Gasteiger partial charge in [0.2, 0.25) is 10.0 Å². The highest BCUT2D eigenvalue weighted by Gasteiger charge is 2.13. The highest BCUT2D eigenvalue weighted by molar-refractivity contribution is 7.89. The maximum Gasteiger partial charge on any atom is 0.264 e. The summed E-state index contributed by atoms with van der Waals surface area (Å²) >= 11 is 5.89. The molecule has 22 heavy (non-hydrogen) atoms. The van der Waals surface area contributed by atoms with Gasteiger partial charge >= 0.3 is 0 Å². The van der Waals surface area contributed by atoms with E-state index in [9.17, 15) is 13.2 Å². The van der Waals surface area contributed by atoms with Gasteiger partial charge < -0.3 is 4.74 Å². The zero-order valence-corrected chi connectivity index (χ0v) is 13.5. The van der Waals surface area contributed by atoms with Crippen molar-refractivity contribution in [1.29, 1.82) is 0 Å². The second kappa shape index (κ2) is 6.37. The molecule has 116 valence electrons. The lowest BCUT2D eigenvalue weighted by molar-refractivity contribution is 0.0981. The van der Waals surface area contributed by atoms with Crippen molar-refractivity contribution in [3.63, 3.8) is 0 Å². The molecular formula is C15H14ClNO4S. The van der Waals surface area contributed by atoms with Crippen LogP contribution in [0.25, 0.3) is 0 Å². The molecule has 0 fully saturated rings. The summed E-state index contributed by atoms with van der Waals surface area (Å²) in [6.45, 7) is 1.76. The monoisotopic (exact) mass is 339 g/mol. The van der Waals surface area contributed by atoms with Crippen LogP contribution >= 0.6 is 11.6 Å². The van der Waals surface area contributed by atoms with E-state index in [2.05, 4.69) is 0 Å². The van der Waals surface area contributed by atoms with Crippen molar-refractivity contribution in [3.8, 4) is 11.5 Å². The van der Waals surface area contributed by atoms with Gasteiger partial charge in [-0.1, -0.05) is 17.7 Å². The van der Waals surface area contributed by atoms with Crippen molar-refractivity contribution in [2.24, 2.45) is 0 Å². The number of hydrogen-bond acceptors (Lipinski definition) is 4. The molecule has 2 rings (SSSR count). The molecule has 0 aliphatic carbocycles. The minimum Gasteiger partial charge on any atom is -0.457 e. The van der Waals surface area contributed by atoms with Gasteiger partial charge in [-0.2, -0.15) is 0 Å². The molecule has 1 N–H and O–H groups in total. The van der Waals surface area contributed by atoms with Crippen LogP contribution in [-0.4, -0.2) is 20.6 Å². The van der Waals surface area contributed by atoms with E-state index in [1.807, 2.05) is 4.72 Å². The zero-order chi connectivity index (χ0) is 16.3. The maximum atomic E-state index is 11.8. The second-order valence-electron chi connectivity index (χ2n) is 4.74. The quantitative estimate of drug-likeness (QED) is 0.928. The molecule has 5 nitrogen and oxygen atoms in total. The van der Waals surface area contributed by atoms with Crippen LogP contribution in [0.3, 0.4) is 0 Å². The van der Waals surface area contributed by atoms with E-state index in [4.69, 9.17) is 16.3 Å². The summed E-state index contributed by atoms with van der Waals surface area (Å²) in [4.78, 5) is 11.8. The third-order valence-corrected chi connectivity index (χ3v) is 3.53. The van der Waals surface area contributed by atoms with Crippen molar-refractivity contribution in [3.05, 3.63) is 58.6 Å². The lowest BCUT2D eigenvalue weighted by Crippen LogP contribution is -2.29. The fourth-order valence-electron chi connectivity index (χ4n) is 1.79. The highest BCUT2D eigenvalue weighted by atomic mass is 35.5. The molecule has 0 radical (unpaired) electrons. The molecule has 0 spiro atoms. The van der Waals surface area contributed by atoms with E-state index in [1.54, 1.807) is 43.3 Å². The van der Waals surface area contributed by atoms with Crippen LogP contribution in [-0.2, 0) is 10.0 Å². The topological polar surface area (TPSA) is 72.5 Å². The molecule has 0 heterocycles. The SMILES string of the molecule is Cc1cc(C(=O)NS(C)(=O)=O)ccc1Oc1cccc(Cl)c1. The first-order valence-electron chi connectivity index (χ1n) is 6.31. The molecule has 2 aromatic carbocycles.